The van der Waals surface area contributed by atoms with Crippen molar-refractivity contribution in [1.82, 2.24) is 20.7 Å². The molecule has 17 heavy (non-hydrogen) atoms. The Morgan fingerprint density at radius 1 is 1.65 bits per heavy atom. The van der Waals surface area contributed by atoms with E-state index in [4.69, 9.17) is 0 Å². The van der Waals surface area contributed by atoms with Crippen LogP contribution in [0.1, 0.15) is 41.2 Å². The molecule has 0 bridgehead atoms. The number of amides is 1. The summed E-state index contributed by atoms with van der Waals surface area (Å²) in [4.78, 5) is 13.0. The molecule has 1 unspecified atom stereocenters. The van der Waals surface area contributed by atoms with E-state index < -0.39 is 0 Å². The molecule has 0 spiro atoms. The van der Waals surface area contributed by atoms with Gasteiger partial charge in [0.1, 0.15) is 0 Å². The maximum absolute atomic E-state index is 11.9. The minimum Gasteiger partial charge on any atom is -0.343 e. The summed E-state index contributed by atoms with van der Waals surface area (Å²) in [7, 11) is 0. The molecule has 2 aromatic heterocycles. The summed E-state index contributed by atoms with van der Waals surface area (Å²) in [5.74, 6) is -0.189. The number of H-pyrrole nitrogens is 1. The maximum atomic E-state index is 11.9. The van der Waals surface area contributed by atoms with E-state index in [2.05, 4.69) is 27.7 Å². The number of nitrogens with one attached hydrogen (secondary N) is 2. The molecule has 0 saturated carbocycles. The van der Waals surface area contributed by atoms with Gasteiger partial charge >= 0.3 is 0 Å². The van der Waals surface area contributed by atoms with Crippen molar-refractivity contribution in [1.29, 1.82) is 0 Å². The van der Waals surface area contributed by atoms with Crippen LogP contribution in [-0.2, 0) is 0 Å². The van der Waals surface area contributed by atoms with Gasteiger partial charge in [-0.05, 0) is 17.9 Å². The van der Waals surface area contributed by atoms with E-state index >= 15 is 0 Å². The van der Waals surface area contributed by atoms with Gasteiger partial charge in [-0.15, -0.1) is 11.3 Å². The van der Waals surface area contributed by atoms with Crippen molar-refractivity contribution >= 4 is 17.2 Å². The van der Waals surface area contributed by atoms with E-state index in [1.54, 1.807) is 11.3 Å². The van der Waals surface area contributed by atoms with Gasteiger partial charge < -0.3 is 5.32 Å². The van der Waals surface area contributed by atoms with Crippen LogP contribution in [0.5, 0.6) is 0 Å². The second kappa shape index (κ2) is 5.58. The molecule has 1 amide bonds. The first-order chi connectivity index (χ1) is 8.31. The molecule has 0 aliphatic carbocycles. The lowest BCUT2D eigenvalue weighted by Crippen LogP contribution is -2.28. The summed E-state index contributed by atoms with van der Waals surface area (Å²) in [6, 6.07) is 4.09. The standard InChI is InChI=1S/C11H14N4OS/c1-2-4-8(10-5-3-6-17-10)13-11(16)9-7-12-15-14-9/h3,5-8H,2,4H2,1H3,(H,13,16)(H,12,14,15). The van der Waals surface area contributed by atoms with Crippen molar-refractivity contribution in [2.45, 2.75) is 25.8 Å². The van der Waals surface area contributed by atoms with Crippen LogP contribution < -0.4 is 5.32 Å². The zero-order valence-electron chi connectivity index (χ0n) is 9.51. The van der Waals surface area contributed by atoms with Gasteiger partial charge in [0, 0.05) is 4.88 Å². The topological polar surface area (TPSA) is 70.7 Å². The first kappa shape index (κ1) is 11.8. The van der Waals surface area contributed by atoms with Crippen LogP contribution >= 0.6 is 11.3 Å². The number of rotatable bonds is 5. The molecule has 6 heteroatoms. The molecule has 0 aromatic carbocycles. The van der Waals surface area contributed by atoms with Crippen LogP contribution in [0.15, 0.2) is 23.7 Å². The predicted molar refractivity (Wildman–Crippen MR) is 65.8 cm³/mol. The van der Waals surface area contributed by atoms with Crippen molar-refractivity contribution in [3.8, 4) is 0 Å². The van der Waals surface area contributed by atoms with E-state index in [1.165, 1.54) is 11.1 Å². The zero-order valence-corrected chi connectivity index (χ0v) is 10.3. The van der Waals surface area contributed by atoms with Crippen LogP contribution in [0.2, 0.25) is 0 Å². The number of carbonyl (C=O) groups is 1. The van der Waals surface area contributed by atoms with Gasteiger partial charge in [-0.3, -0.25) is 4.79 Å². The SMILES string of the molecule is CCCC(NC(=O)c1cn[nH]n1)c1cccs1. The third-order valence-electron chi connectivity index (χ3n) is 2.42. The van der Waals surface area contributed by atoms with Crippen molar-refractivity contribution in [3.63, 3.8) is 0 Å². The number of nitrogens with zero attached hydrogens (tertiary/aromatic N) is 2. The van der Waals surface area contributed by atoms with Gasteiger partial charge in [0.25, 0.3) is 5.91 Å². The first-order valence-electron chi connectivity index (χ1n) is 5.51. The van der Waals surface area contributed by atoms with Gasteiger partial charge in [-0.2, -0.15) is 15.4 Å². The van der Waals surface area contributed by atoms with Gasteiger partial charge in [0.05, 0.1) is 12.2 Å². The van der Waals surface area contributed by atoms with E-state index in [0.29, 0.717) is 5.69 Å². The van der Waals surface area contributed by atoms with E-state index in [9.17, 15) is 4.79 Å². The van der Waals surface area contributed by atoms with Crippen molar-refractivity contribution in [2.24, 2.45) is 0 Å². The molecule has 2 heterocycles. The minimum absolute atomic E-state index is 0.0594. The van der Waals surface area contributed by atoms with Crippen LogP contribution in [0, 0.1) is 0 Å². The Balaban J connectivity index is 2.06. The lowest BCUT2D eigenvalue weighted by Gasteiger charge is -2.15. The Bertz CT molecular complexity index is 452. The molecule has 2 aromatic rings. The van der Waals surface area contributed by atoms with Crippen LogP contribution in [0.4, 0.5) is 0 Å². The smallest absolute Gasteiger partial charge is 0.273 e. The lowest BCUT2D eigenvalue weighted by molar-refractivity contribution is 0.0930. The average Bonchev–Trinajstić information content (AvgIpc) is 3.01. The highest BCUT2D eigenvalue weighted by Crippen LogP contribution is 2.23. The predicted octanol–water partition coefficient (Wildman–Crippen LogP) is 2.14. The highest BCUT2D eigenvalue weighted by Gasteiger charge is 2.17. The van der Waals surface area contributed by atoms with Crippen LogP contribution in [0.3, 0.4) is 0 Å². The molecule has 90 valence electrons. The van der Waals surface area contributed by atoms with E-state index in [1.807, 2.05) is 17.5 Å². The van der Waals surface area contributed by atoms with Crippen molar-refractivity contribution in [2.75, 3.05) is 0 Å². The zero-order chi connectivity index (χ0) is 12.1. The molecule has 2 N–H and O–H groups in total. The molecule has 2 rings (SSSR count). The summed E-state index contributed by atoms with van der Waals surface area (Å²) in [5.41, 5.74) is 0.322. The van der Waals surface area contributed by atoms with Gasteiger partial charge in [-0.25, -0.2) is 0 Å². The molecule has 1 atom stereocenters. The number of thiophene rings is 1. The van der Waals surface area contributed by atoms with Gasteiger partial charge in [-0.1, -0.05) is 19.4 Å². The van der Waals surface area contributed by atoms with Crippen molar-refractivity contribution < 1.29 is 4.79 Å². The fourth-order valence-electron chi connectivity index (χ4n) is 1.61. The quantitative estimate of drug-likeness (QED) is 0.854. The summed E-state index contributed by atoms with van der Waals surface area (Å²) < 4.78 is 0. The number of aromatic nitrogens is 3. The van der Waals surface area contributed by atoms with Crippen LogP contribution in [0.25, 0.3) is 0 Å². The molecule has 0 fully saturated rings. The fraction of sp³-hybridized carbons (Fsp3) is 0.364. The summed E-state index contributed by atoms with van der Waals surface area (Å²) in [6.45, 7) is 2.10. The number of aromatic amines is 1. The molecule has 0 saturated heterocycles. The molecular formula is C11H14N4OS. The van der Waals surface area contributed by atoms with E-state index in [0.717, 1.165) is 12.8 Å². The second-order valence-electron chi connectivity index (χ2n) is 3.69. The van der Waals surface area contributed by atoms with Crippen LogP contribution in [-0.4, -0.2) is 21.3 Å². The highest BCUT2D eigenvalue weighted by molar-refractivity contribution is 7.10. The third-order valence-corrected chi connectivity index (χ3v) is 3.40. The van der Waals surface area contributed by atoms with Gasteiger partial charge in [0.15, 0.2) is 5.69 Å². The molecule has 0 radical (unpaired) electrons. The normalized spacial score (nSPS) is 12.3. The second-order valence-corrected chi connectivity index (χ2v) is 4.66. The minimum atomic E-state index is -0.189. The Kier molecular flexibility index (Phi) is 3.87. The number of hydrogen-bond donors (Lipinski definition) is 2. The Hall–Kier alpha value is -1.69. The third kappa shape index (κ3) is 2.91. The monoisotopic (exact) mass is 250 g/mol. The fourth-order valence-corrected chi connectivity index (χ4v) is 2.42. The highest BCUT2D eigenvalue weighted by atomic mass is 32.1. The average molecular weight is 250 g/mol. The summed E-state index contributed by atoms with van der Waals surface area (Å²) in [5, 5.41) is 14.8. The number of carbonyl (C=O) groups excluding carboxylic acids is 1. The Morgan fingerprint density at radius 3 is 3.12 bits per heavy atom. The summed E-state index contributed by atoms with van der Waals surface area (Å²) in [6.07, 6.45) is 3.36. The maximum Gasteiger partial charge on any atom is 0.273 e. The lowest BCUT2D eigenvalue weighted by atomic mass is 10.1. The molecule has 5 nitrogen and oxygen atoms in total. The first-order valence-corrected chi connectivity index (χ1v) is 6.39. The Labute approximate surface area is 103 Å². The summed E-state index contributed by atoms with van der Waals surface area (Å²) >= 11 is 1.65. The number of hydrogen-bond acceptors (Lipinski definition) is 4. The molecular weight excluding hydrogens is 236 g/mol. The van der Waals surface area contributed by atoms with Crippen molar-refractivity contribution in [3.05, 3.63) is 34.3 Å². The molecule has 0 aliphatic heterocycles. The Morgan fingerprint density at radius 2 is 2.53 bits per heavy atom. The largest absolute Gasteiger partial charge is 0.343 e. The van der Waals surface area contributed by atoms with E-state index in [-0.39, 0.29) is 11.9 Å². The van der Waals surface area contributed by atoms with Gasteiger partial charge in [0.2, 0.25) is 0 Å². The molecule has 0 aliphatic rings.